The van der Waals surface area contributed by atoms with Gasteiger partial charge in [-0.1, -0.05) is 0 Å². The van der Waals surface area contributed by atoms with Crippen molar-refractivity contribution in [3.05, 3.63) is 36.2 Å². The molecular weight excluding hydrogens is 238 g/mol. The summed E-state index contributed by atoms with van der Waals surface area (Å²) >= 11 is 0. The highest BCUT2D eigenvalue weighted by Gasteiger charge is 2.16. The van der Waals surface area contributed by atoms with Crippen LogP contribution in [0.15, 0.2) is 34.9 Å². The third-order valence-electron chi connectivity index (χ3n) is 3.61. The van der Waals surface area contributed by atoms with Crippen LogP contribution < -0.4 is 11.1 Å². The molecule has 3 rings (SSSR count). The van der Waals surface area contributed by atoms with E-state index in [9.17, 15) is 0 Å². The van der Waals surface area contributed by atoms with Crippen LogP contribution in [0.25, 0.3) is 11.5 Å². The first-order chi connectivity index (χ1) is 9.31. The van der Waals surface area contributed by atoms with Crippen LogP contribution in [0.4, 0.5) is 5.69 Å². The van der Waals surface area contributed by atoms with Crippen molar-refractivity contribution in [2.45, 2.75) is 19.3 Å². The number of aromatic nitrogens is 1. The van der Waals surface area contributed by atoms with Crippen LogP contribution in [-0.2, 0) is 6.42 Å². The Hall–Kier alpha value is -1.81. The molecular formula is C15H19N3O. The van der Waals surface area contributed by atoms with E-state index < -0.39 is 0 Å². The summed E-state index contributed by atoms with van der Waals surface area (Å²) in [5, 5.41) is 3.43. The van der Waals surface area contributed by atoms with E-state index in [1.165, 1.54) is 12.8 Å². The lowest BCUT2D eigenvalue weighted by molar-refractivity contribution is 0.373. The molecule has 1 aliphatic heterocycles. The van der Waals surface area contributed by atoms with Crippen LogP contribution >= 0.6 is 0 Å². The minimum atomic E-state index is 0.679. The van der Waals surface area contributed by atoms with Gasteiger partial charge in [0.05, 0.1) is 5.69 Å². The van der Waals surface area contributed by atoms with Gasteiger partial charge < -0.3 is 15.5 Å². The largest absolute Gasteiger partial charge is 0.444 e. The summed E-state index contributed by atoms with van der Waals surface area (Å²) < 4.78 is 5.56. The van der Waals surface area contributed by atoms with Crippen molar-refractivity contribution in [3.63, 3.8) is 0 Å². The van der Waals surface area contributed by atoms with Crippen LogP contribution in [-0.4, -0.2) is 18.1 Å². The first-order valence-electron chi connectivity index (χ1n) is 6.82. The fraction of sp³-hybridized carbons (Fsp3) is 0.400. The first kappa shape index (κ1) is 12.2. The molecule has 19 heavy (non-hydrogen) atoms. The average Bonchev–Trinajstić information content (AvgIpc) is 2.89. The Labute approximate surface area is 113 Å². The van der Waals surface area contributed by atoms with Crippen molar-refractivity contribution in [3.8, 4) is 11.5 Å². The van der Waals surface area contributed by atoms with E-state index >= 15 is 0 Å². The van der Waals surface area contributed by atoms with Gasteiger partial charge in [0.25, 0.3) is 0 Å². The van der Waals surface area contributed by atoms with E-state index in [0.717, 1.165) is 36.5 Å². The molecule has 1 saturated heterocycles. The van der Waals surface area contributed by atoms with Gasteiger partial charge in [0.15, 0.2) is 0 Å². The molecule has 4 nitrogen and oxygen atoms in total. The molecule has 0 amide bonds. The highest BCUT2D eigenvalue weighted by Crippen LogP contribution is 2.22. The minimum absolute atomic E-state index is 0.679. The van der Waals surface area contributed by atoms with Crippen molar-refractivity contribution in [2.24, 2.45) is 5.92 Å². The normalized spacial score (nSPS) is 19.5. The Kier molecular flexibility index (Phi) is 3.51. The van der Waals surface area contributed by atoms with Crippen LogP contribution in [0.2, 0.25) is 0 Å². The number of anilines is 1. The van der Waals surface area contributed by atoms with E-state index in [1.807, 2.05) is 24.3 Å². The molecule has 1 unspecified atom stereocenters. The number of benzene rings is 1. The lowest BCUT2D eigenvalue weighted by Gasteiger charge is -2.21. The third kappa shape index (κ3) is 2.96. The Bertz CT molecular complexity index is 527. The number of nitrogens with two attached hydrogens (primary N) is 1. The van der Waals surface area contributed by atoms with Gasteiger partial charge in [-0.05, 0) is 62.5 Å². The molecule has 1 aromatic heterocycles. The summed E-state index contributed by atoms with van der Waals surface area (Å²) in [7, 11) is 0. The predicted octanol–water partition coefficient (Wildman–Crippen LogP) is 2.47. The molecule has 4 heteroatoms. The smallest absolute Gasteiger partial charge is 0.226 e. The molecule has 1 aromatic carbocycles. The SMILES string of the molecule is Nc1ccc(-c2nc(CC3CCCNC3)co2)cc1. The van der Waals surface area contributed by atoms with E-state index in [2.05, 4.69) is 10.3 Å². The summed E-state index contributed by atoms with van der Waals surface area (Å²) in [5.74, 6) is 1.36. The molecule has 2 aromatic rings. The Morgan fingerprint density at radius 2 is 2.16 bits per heavy atom. The summed E-state index contributed by atoms with van der Waals surface area (Å²) in [5.41, 5.74) is 8.45. The maximum Gasteiger partial charge on any atom is 0.226 e. The van der Waals surface area contributed by atoms with Gasteiger partial charge in [-0.3, -0.25) is 0 Å². The number of nitrogens with one attached hydrogen (secondary N) is 1. The molecule has 1 fully saturated rings. The van der Waals surface area contributed by atoms with Crippen LogP contribution in [0.5, 0.6) is 0 Å². The fourth-order valence-corrected chi connectivity index (χ4v) is 2.55. The van der Waals surface area contributed by atoms with Gasteiger partial charge >= 0.3 is 0 Å². The molecule has 0 bridgehead atoms. The lowest BCUT2D eigenvalue weighted by atomic mass is 9.95. The molecule has 0 radical (unpaired) electrons. The first-order valence-corrected chi connectivity index (χ1v) is 6.82. The van der Waals surface area contributed by atoms with Crippen LogP contribution in [0.3, 0.4) is 0 Å². The second-order valence-electron chi connectivity index (χ2n) is 5.18. The zero-order valence-corrected chi connectivity index (χ0v) is 10.9. The average molecular weight is 257 g/mol. The number of oxazole rings is 1. The van der Waals surface area contributed by atoms with Crippen molar-refractivity contribution >= 4 is 5.69 Å². The van der Waals surface area contributed by atoms with E-state index in [1.54, 1.807) is 6.26 Å². The molecule has 3 N–H and O–H groups in total. The summed E-state index contributed by atoms with van der Waals surface area (Å²) in [4.78, 5) is 4.57. The van der Waals surface area contributed by atoms with Gasteiger partial charge in [-0.15, -0.1) is 0 Å². The lowest BCUT2D eigenvalue weighted by Crippen LogP contribution is -2.30. The minimum Gasteiger partial charge on any atom is -0.444 e. The molecule has 1 aliphatic rings. The maximum atomic E-state index is 5.68. The maximum absolute atomic E-state index is 5.68. The highest BCUT2D eigenvalue weighted by molar-refractivity contribution is 5.57. The number of nitrogens with zero attached hydrogens (tertiary/aromatic N) is 1. The molecule has 0 aliphatic carbocycles. The van der Waals surface area contributed by atoms with Gasteiger partial charge in [0.1, 0.15) is 6.26 Å². The number of rotatable bonds is 3. The highest BCUT2D eigenvalue weighted by atomic mass is 16.3. The number of hydrogen-bond donors (Lipinski definition) is 2. The third-order valence-corrected chi connectivity index (χ3v) is 3.61. The van der Waals surface area contributed by atoms with Gasteiger partial charge in [0.2, 0.25) is 5.89 Å². The number of hydrogen-bond acceptors (Lipinski definition) is 4. The van der Waals surface area contributed by atoms with Gasteiger partial charge in [-0.25, -0.2) is 4.98 Å². The van der Waals surface area contributed by atoms with E-state index in [0.29, 0.717) is 11.8 Å². The number of nitrogen functional groups attached to an aromatic ring is 1. The van der Waals surface area contributed by atoms with Crippen LogP contribution in [0.1, 0.15) is 18.5 Å². The summed E-state index contributed by atoms with van der Waals surface area (Å²) in [6.07, 6.45) is 5.30. The molecule has 2 heterocycles. The Morgan fingerprint density at radius 3 is 2.89 bits per heavy atom. The molecule has 0 spiro atoms. The predicted molar refractivity (Wildman–Crippen MR) is 75.6 cm³/mol. The number of piperidine rings is 1. The van der Waals surface area contributed by atoms with Crippen molar-refractivity contribution in [1.29, 1.82) is 0 Å². The van der Waals surface area contributed by atoms with Crippen LogP contribution in [0, 0.1) is 5.92 Å². The molecule has 1 atom stereocenters. The van der Waals surface area contributed by atoms with E-state index in [4.69, 9.17) is 10.2 Å². The zero-order valence-electron chi connectivity index (χ0n) is 10.9. The fourth-order valence-electron chi connectivity index (χ4n) is 2.55. The van der Waals surface area contributed by atoms with Crippen molar-refractivity contribution < 1.29 is 4.42 Å². The standard InChI is InChI=1S/C15H19N3O/c16-13-5-3-12(4-6-13)15-18-14(10-19-15)8-11-2-1-7-17-9-11/h3-6,10-11,17H,1-2,7-9,16H2. The topological polar surface area (TPSA) is 64.1 Å². The second kappa shape index (κ2) is 5.45. The van der Waals surface area contributed by atoms with Crippen molar-refractivity contribution in [2.75, 3.05) is 18.8 Å². The second-order valence-corrected chi connectivity index (χ2v) is 5.18. The Balaban J connectivity index is 1.70. The molecule has 100 valence electrons. The quantitative estimate of drug-likeness (QED) is 0.829. The van der Waals surface area contributed by atoms with E-state index in [-0.39, 0.29) is 0 Å². The zero-order chi connectivity index (χ0) is 13.1. The Morgan fingerprint density at radius 1 is 1.32 bits per heavy atom. The molecule has 0 saturated carbocycles. The van der Waals surface area contributed by atoms with Gasteiger partial charge in [0, 0.05) is 11.3 Å². The van der Waals surface area contributed by atoms with Gasteiger partial charge in [-0.2, -0.15) is 0 Å². The van der Waals surface area contributed by atoms with Crippen molar-refractivity contribution in [1.82, 2.24) is 10.3 Å². The summed E-state index contributed by atoms with van der Waals surface area (Å²) in [6, 6.07) is 7.61. The summed E-state index contributed by atoms with van der Waals surface area (Å²) in [6.45, 7) is 2.23. The monoisotopic (exact) mass is 257 g/mol.